The molecule has 5 heteroatoms. The first-order chi connectivity index (χ1) is 7.63. The molecule has 0 spiro atoms. The van der Waals surface area contributed by atoms with Crippen LogP contribution in [0.5, 0.6) is 0 Å². The van der Waals surface area contributed by atoms with Gasteiger partial charge in [0.2, 0.25) is 5.91 Å². The number of thiophene rings is 1. The van der Waals surface area contributed by atoms with E-state index in [9.17, 15) is 4.79 Å². The van der Waals surface area contributed by atoms with Crippen molar-refractivity contribution >= 4 is 34.5 Å². The summed E-state index contributed by atoms with van der Waals surface area (Å²) in [5.41, 5.74) is 6.53. The summed E-state index contributed by atoms with van der Waals surface area (Å²) in [6.07, 6.45) is 1.35. The maximum Gasteiger partial charge on any atom is 0.227 e. The van der Waals surface area contributed by atoms with Crippen LogP contribution < -0.4 is 5.73 Å². The molecule has 3 nitrogen and oxygen atoms in total. The van der Waals surface area contributed by atoms with Gasteiger partial charge in [0.15, 0.2) is 0 Å². The van der Waals surface area contributed by atoms with Gasteiger partial charge in [-0.1, -0.05) is 19.1 Å². The lowest BCUT2D eigenvalue weighted by Crippen LogP contribution is -2.39. The Bertz CT molecular complexity index is 349. The second-order valence-electron chi connectivity index (χ2n) is 3.59. The summed E-state index contributed by atoms with van der Waals surface area (Å²) in [7, 11) is 0. The Morgan fingerprint density at radius 1 is 1.62 bits per heavy atom. The highest BCUT2D eigenvalue weighted by atomic mass is 32.1. The van der Waals surface area contributed by atoms with Crippen LogP contribution in [0.4, 0.5) is 0 Å². The molecular formula is C11H16N2OS2. The number of carbonyl (C=O) groups excluding carboxylic acids is 1. The monoisotopic (exact) mass is 256 g/mol. The van der Waals surface area contributed by atoms with Crippen LogP contribution in [0.25, 0.3) is 0 Å². The topological polar surface area (TPSA) is 46.3 Å². The van der Waals surface area contributed by atoms with Gasteiger partial charge in [-0.05, 0) is 28.8 Å². The third-order valence-electron chi connectivity index (χ3n) is 2.13. The van der Waals surface area contributed by atoms with Crippen LogP contribution in [-0.2, 0) is 11.2 Å². The van der Waals surface area contributed by atoms with Crippen molar-refractivity contribution in [1.29, 1.82) is 0 Å². The average Bonchev–Trinajstić information content (AvgIpc) is 2.69. The molecule has 88 valence electrons. The zero-order chi connectivity index (χ0) is 12.0. The highest BCUT2D eigenvalue weighted by Crippen LogP contribution is 2.08. The Kier molecular flexibility index (Phi) is 5.42. The molecule has 16 heavy (non-hydrogen) atoms. The standard InChI is InChI=1S/C11H16N2OS2/c1-2-4-13(7-10(12)15)11(14)6-9-3-5-16-8-9/h3,5,8H,2,4,6-7H2,1H3,(H2,12,15). The van der Waals surface area contributed by atoms with Crippen molar-refractivity contribution in [3.63, 3.8) is 0 Å². The smallest absolute Gasteiger partial charge is 0.227 e. The fraction of sp³-hybridized carbons (Fsp3) is 0.455. The molecule has 1 amide bonds. The molecule has 0 aliphatic rings. The number of hydrogen-bond acceptors (Lipinski definition) is 3. The zero-order valence-corrected chi connectivity index (χ0v) is 10.9. The SMILES string of the molecule is CCCN(CC(N)=S)C(=O)Cc1ccsc1. The van der Waals surface area contributed by atoms with E-state index in [0.29, 0.717) is 24.5 Å². The summed E-state index contributed by atoms with van der Waals surface area (Å²) in [5.74, 6) is 0.0908. The molecule has 1 aromatic heterocycles. The van der Waals surface area contributed by atoms with Gasteiger partial charge in [0, 0.05) is 6.54 Å². The van der Waals surface area contributed by atoms with Crippen LogP contribution in [0.3, 0.4) is 0 Å². The zero-order valence-electron chi connectivity index (χ0n) is 9.31. The highest BCUT2D eigenvalue weighted by Gasteiger charge is 2.13. The lowest BCUT2D eigenvalue weighted by molar-refractivity contribution is -0.129. The van der Waals surface area contributed by atoms with E-state index in [1.165, 1.54) is 0 Å². The van der Waals surface area contributed by atoms with E-state index in [4.69, 9.17) is 18.0 Å². The number of nitrogens with zero attached hydrogens (tertiary/aromatic N) is 1. The van der Waals surface area contributed by atoms with Crippen LogP contribution in [0.15, 0.2) is 16.8 Å². The van der Waals surface area contributed by atoms with E-state index in [1.54, 1.807) is 16.2 Å². The van der Waals surface area contributed by atoms with E-state index < -0.39 is 0 Å². The van der Waals surface area contributed by atoms with Crippen LogP contribution in [0.2, 0.25) is 0 Å². The second-order valence-corrected chi connectivity index (χ2v) is 4.89. The Balaban J connectivity index is 2.56. The molecule has 0 aromatic carbocycles. The van der Waals surface area contributed by atoms with Crippen LogP contribution in [0, 0.1) is 0 Å². The summed E-state index contributed by atoms with van der Waals surface area (Å²) in [6, 6.07) is 1.97. The fourth-order valence-corrected chi connectivity index (χ4v) is 2.25. The Morgan fingerprint density at radius 2 is 2.38 bits per heavy atom. The molecule has 0 atom stereocenters. The number of amides is 1. The molecule has 0 fully saturated rings. The normalized spacial score (nSPS) is 10.1. The van der Waals surface area contributed by atoms with Crippen LogP contribution >= 0.6 is 23.6 Å². The average molecular weight is 256 g/mol. The fourth-order valence-electron chi connectivity index (χ4n) is 1.43. The summed E-state index contributed by atoms with van der Waals surface area (Å²) in [5, 5.41) is 3.96. The van der Waals surface area contributed by atoms with E-state index in [2.05, 4.69) is 0 Å². The van der Waals surface area contributed by atoms with Gasteiger partial charge in [0.1, 0.15) is 0 Å². The van der Waals surface area contributed by atoms with E-state index >= 15 is 0 Å². The molecule has 0 saturated carbocycles. The van der Waals surface area contributed by atoms with Crippen LogP contribution in [-0.4, -0.2) is 28.9 Å². The third-order valence-corrected chi connectivity index (χ3v) is 2.99. The third kappa shape index (κ3) is 4.28. The number of hydrogen-bond donors (Lipinski definition) is 1. The Morgan fingerprint density at radius 3 is 2.88 bits per heavy atom. The van der Waals surface area contributed by atoms with Gasteiger partial charge in [0.05, 0.1) is 18.0 Å². The lowest BCUT2D eigenvalue weighted by Gasteiger charge is -2.21. The molecule has 1 heterocycles. The van der Waals surface area contributed by atoms with Gasteiger partial charge in [-0.2, -0.15) is 11.3 Å². The van der Waals surface area contributed by atoms with Crippen molar-refractivity contribution < 1.29 is 4.79 Å². The van der Waals surface area contributed by atoms with Crippen molar-refractivity contribution in [2.45, 2.75) is 19.8 Å². The van der Waals surface area contributed by atoms with Gasteiger partial charge in [-0.15, -0.1) is 0 Å². The van der Waals surface area contributed by atoms with E-state index in [0.717, 1.165) is 12.0 Å². The summed E-state index contributed by atoms with van der Waals surface area (Å²) in [4.78, 5) is 14.0. The highest BCUT2D eigenvalue weighted by molar-refractivity contribution is 7.80. The van der Waals surface area contributed by atoms with Crippen molar-refractivity contribution in [2.75, 3.05) is 13.1 Å². The van der Waals surface area contributed by atoms with Gasteiger partial charge in [0.25, 0.3) is 0 Å². The molecule has 0 aliphatic heterocycles. The van der Waals surface area contributed by atoms with Gasteiger partial charge < -0.3 is 10.6 Å². The van der Waals surface area contributed by atoms with Crippen molar-refractivity contribution in [3.8, 4) is 0 Å². The molecule has 0 aliphatic carbocycles. The van der Waals surface area contributed by atoms with Crippen molar-refractivity contribution in [1.82, 2.24) is 4.90 Å². The maximum atomic E-state index is 12.0. The predicted octanol–water partition coefficient (Wildman–Crippen LogP) is 1.82. The lowest BCUT2D eigenvalue weighted by atomic mass is 10.2. The molecular weight excluding hydrogens is 240 g/mol. The van der Waals surface area contributed by atoms with Crippen LogP contribution in [0.1, 0.15) is 18.9 Å². The first-order valence-corrected chi connectivity index (χ1v) is 6.55. The number of nitrogens with two attached hydrogens (primary N) is 1. The number of thiocarbonyl (C=S) groups is 1. The van der Waals surface area contributed by atoms with Gasteiger partial charge in [-0.25, -0.2) is 0 Å². The number of carbonyl (C=O) groups is 1. The predicted molar refractivity (Wildman–Crippen MR) is 71.7 cm³/mol. The minimum atomic E-state index is 0.0908. The van der Waals surface area contributed by atoms with E-state index in [1.807, 2.05) is 23.8 Å². The molecule has 2 N–H and O–H groups in total. The van der Waals surface area contributed by atoms with Gasteiger partial charge in [-0.3, -0.25) is 4.79 Å². The molecule has 0 saturated heterocycles. The Labute approximate surface area is 105 Å². The quantitative estimate of drug-likeness (QED) is 0.790. The molecule has 1 aromatic rings. The number of rotatable bonds is 6. The summed E-state index contributed by atoms with van der Waals surface area (Å²) in [6.45, 7) is 3.12. The molecule has 0 unspecified atom stereocenters. The minimum absolute atomic E-state index is 0.0908. The minimum Gasteiger partial charge on any atom is -0.392 e. The summed E-state index contributed by atoms with van der Waals surface area (Å²) >= 11 is 6.44. The molecule has 0 radical (unpaired) electrons. The first kappa shape index (κ1) is 13.1. The van der Waals surface area contributed by atoms with E-state index in [-0.39, 0.29) is 5.91 Å². The first-order valence-electron chi connectivity index (χ1n) is 5.20. The maximum absolute atomic E-state index is 12.0. The summed E-state index contributed by atoms with van der Waals surface area (Å²) < 4.78 is 0. The largest absolute Gasteiger partial charge is 0.392 e. The molecule has 0 bridgehead atoms. The second kappa shape index (κ2) is 6.60. The molecule has 1 rings (SSSR count). The Hall–Kier alpha value is -0.940. The van der Waals surface area contributed by atoms with Gasteiger partial charge >= 0.3 is 0 Å². The van der Waals surface area contributed by atoms with Crippen molar-refractivity contribution in [2.24, 2.45) is 5.73 Å². The van der Waals surface area contributed by atoms with Crippen molar-refractivity contribution in [3.05, 3.63) is 22.4 Å².